The van der Waals surface area contributed by atoms with Gasteiger partial charge in [0.2, 0.25) is 0 Å². The molecule has 2 heterocycles. The van der Waals surface area contributed by atoms with E-state index in [2.05, 4.69) is 35.6 Å². The second-order valence-electron chi connectivity index (χ2n) is 5.91. The monoisotopic (exact) mass is 251 g/mol. The molecule has 1 saturated heterocycles. The minimum atomic E-state index is 0.390. The highest BCUT2D eigenvalue weighted by Gasteiger charge is 2.26. The summed E-state index contributed by atoms with van der Waals surface area (Å²) in [6.45, 7) is 10.5. The number of hydrogen-bond donors (Lipinski definition) is 1. The maximum Gasteiger partial charge on any atom is 0.0951 e. The van der Waals surface area contributed by atoms with Crippen LogP contribution in [0.15, 0.2) is 12.5 Å². The molecule has 0 amide bonds. The van der Waals surface area contributed by atoms with Crippen LogP contribution in [0.1, 0.15) is 45.3 Å². The first-order valence-electron chi connectivity index (χ1n) is 6.90. The van der Waals surface area contributed by atoms with Gasteiger partial charge in [-0.3, -0.25) is 0 Å². The van der Waals surface area contributed by atoms with Crippen molar-refractivity contribution in [2.45, 2.75) is 46.2 Å². The van der Waals surface area contributed by atoms with Gasteiger partial charge in [-0.05, 0) is 32.1 Å². The lowest BCUT2D eigenvalue weighted by Crippen LogP contribution is -2.36. The van der Waals surface area contributed by atoms with Crippen LogP contribution in [0.25, 0.3) is 0 Å². The molecule has 18 heavy (non-hydrogen) atoms. The van der Waals surface area contributed by atoms with Gasteiger partial charge in [0.1, 0.15) is 0 Å². The summed E-state index contributed by atoms with van der Waals surface area (Å²) in [5.41, 5.74) is 1.65. The lowest BCUT2D eigenvalue weighted by atomic mass is 9.82. The third-order valence-corrected chi connectivity index (χ3v) is 3.86. The maximum atomic E-state index is 5.43. The number of aromatic nitrogens is 2. The lowest BCUT2D eigenvalue weighted by molar-refractivity contribution is 0.0239. The summed E-state index contributed by atoms with van der Waals surface area (Å²) in [6, 6.07) is 0.475. The molecule has 1 fully saturated rings. The largest absolute Gasteiger partial charge is 0.381 e. The normalized spacial score (nSPS) is 19.3. The Morgan fingerprint density at radius 1 is 1.44 bits per heavy atom. The van der Waals surface area contributed by atoms with Crippen molar-refractivity contribution in [2.24, 2.45) is 5.41 Å². The van der Waals surface area contributed by atoms with Crippen molar-refractivity contribution < 1.29 is 4.74 Å². The first-order chi connectivity index (χ1) is 8.61. The number of rotatable bonds is 5. The van der Waals surface area contributed by atoms with Gasteiger partial charge in [0, 0.05) is 38.5 Å². The molecule has 4 nitrogen and oxygen atoms in total. The van der Waals surface area contributed by atoms with E-state index in [1.54, 1.807) is 0 Å². The Labute approximate surface area is 110 Å². The van der Waals surface area contributed by atoms with E-state index in [1.807, 2.05) is 12.5 Å². The molecule has 0 bridgehead atoms. The summed E-state index contributed by atoms with van der Waals surface area (Å²) in [5.74, 6) is 0. The summed E-state index contributed by atoms with van der Waals surface area (Å²) < 4.78 is 7.65. The molecule has 1 N–H and O–H groups in total. The first kappa shape index (κ1) is 13.6. The van der Waals surface area contributed by atoms with Crippen LogP contribution in [-0.2, 0) is 11.3 Å². The third-order valence-electron chi connectivity index (χ3n) is 3.86. The van der Waals surface area contributed by atoms with Crippen LogP contribution in [-0.4, -0.2) is 29.3 Å². The highest BCUT2D eigenvalue weighted by molar-refractivity contribution is 4.99. The Hall–Kier alpha value is -0.870. The fraction of sp³-hybridized carbons (Fsp3) is 0.786. The quantitative estimate of drug-likeness (QED) is 0.873. The average Bonchev–Trinajstić information content (AvgIpc) is 2.78. The predicted molar refractivity (Wildman–Crippen MR) is 72.5 cm³/mol. The van der Waals surface area contributed by atoms with Gasteiger partial charge in [0.25, 0.3) is 0 Å². The fourth-order valence-electron chi connectivity index (χ4n) is 2.47. The fourth-order valence-corrected chi connectivity index (χ4v) is 2.47. The van der Waals surface area contributed by atoms with Gasteiger partial charge < -0.3 is 14.6 Å². The standard InChI is InChI=1S/C14H25N3O/c1-12(2)17-11-16-9-13(17)8-15-10-14(3)4-6-18-7-5-14/h9,11-12,15H,4-8,10H2,1-3H3. The van der Waals surface area contributed by atoms with Crippen molar-refractivity contribution in [2.75, 3.05) is 19.8 Å². The van der Waals surface area contributed by atoms with Crippen LogP contribution in [0, 0.1) is 5.41 Å². The van der Waals surface area contributed by atoms with E-state index in [4.69, 9.17) is 4.74 Å². The Bertz CT molecular complexity index is 367. The predicted octanol–water partition coefficient (Wildman–Crippen LogP) is 2.37. The smallest absolute Gasteiger partial charge is 0.0951 e. The molecule has 1 aliphatic heterocycles. The SMILES string of the molecule is CC(C)n1cncc1CNCC1(C)CCOCC1. The molecule has 0 aliphatic carbocycles. The van der Waals surface area contributed by atoms with Crippen LogP contribution in [0.5, 0.6) is 0 Å². The number of imidazole rings is 1. The van der Waals surface area contributed by atoms with Gasteiger partial charge in [-0.1, -0.05) is 6.92 Å². The highest BCUT2D eigenvalue weighted by atomic mass is 16.5. The second-order valence-corrected chi connectivity index (χ2v) is 5.91. The zero-order chi connectivity index (χ0) is 13.0. The Kier molecular flexibility index (Phi) is 4.40. The summed E-state index contributed by atoms with van der Waals surface area (Å²) in [5, 5.41) is 3.58. The molecule has 0 atom stereocenters. The summed E-state index contributed by atoms with van der Waals surface area (Å²) in [6.07, 6.45) is 6.18. The van der Waals surface area contributed by atoms with E-state index in [9.17, 15) is 0 Å². The zero-order valence-electron chi connectivity index (χ0n) is 11.8. The highest BCUT2D eigenvalue weighted by Crippen LogP contribution is 2.28. The molecule has 102 valence electrons. The number of nitrogens with one attached hydrogen (secondary N) is 1. The Balaban J connectivity index is 1.82. The van der Waals surface area contributed by atoms with Crippen LogP contribution < -0.4 is 5.32 Å². The van der Waals surface area contributed by atoms with Crippen molar-refractivity contribution in [3.8, 4) is 0 Å². The second kappa shape index (κ2) is 5.85. The minimum Gasteiger partial charge on any atom is -0.381 e. The topological polar surface area (TPSA) is 39.1 Å². The lowest BCUT2D eigenvalue weighted by Gasteiger charge is -2.33. The molecule has 0 unspecified atom stereocenters. The number of nitrogens with zero attached hydrogens (tertiary/aromatic N) is 2. The van der Waals surface area contributed by atoms with Gasteiger partial charge in [-0.25, -0.2) is 4.98 Å². The number of hydrogen-bond acceptors (Lipinski definition) is 3. The molecule has 0 aromatic carbocycles. The van der Waals surface area contributed by atoms with Crippen molar-refractivity contribution >= 4 is 0 Å². The van der Waals surface area contributed by atoms with Crippen molar-refractivity contribution in [1.82, 2.24) is 14.9 Å². The molecular formula is C14H25N3O. The van der Waals surface area contributed by atoms with Crippen molar-refractivity contribution in [3.05, 3.63) is 18.2 Å². The van der Waals surface area contributed by atoms with E-state index in [0.717, 1.165) is 39.1 Å². The van der Waals surface area contributed by atoms with Gasteiger partial charge in [-0.15, -0.1) is 0 Å². The van der Waals surface area contributed by atoms with Crippen molar-refractivity contribution in [1.29, 1.82) is 0 Å². The maximum absolute atomic E-state index is 5.43. The van der Waals surface area contributed by atoms with Crippen LogP contribution in [0.3, 0.4) is 0 Å². The molecule has 1 aromatic rings. The first-order valence-corrected chi connectivity index (χ1v) is 6.90. The third kappa shape index (κ3) is 3.33. The minimum absolute atomic E-state index is 0.390. The average molecular weight is 251 g/mol. The molecule has 0 spiro atoms. The molecule has 1 aliphatic rings. The van der Waals surface area contributed by atoms with Gasteiger partial charge in [-0.2, -0.15) is 0 Å². The molecule has 2 rings (SSSR count). The van der Waals surface area contributed by atoms with Crippen LogP contribution in [0.4, 0.5) is 0 Å². The Morgan fingerprint density at radius 3 is 2.83 bits per heavy atom. The number of ether oxygens (including phenoxy) is 1. The summed E-state index contributed by atoms with van der Waals surface area (Å²) in [4.78, 5) is 4.23. The molecule has 0 saturated carbocycles. The molecule has 1 aromatic heterocycles. The van der Waals surface area contributed by atoms with E-state index in [-0.39, 0.29) is 0 Å². The van der Waals surface area contributed by atoms with E-state index in [0.29, 0.717) is 11.5 Å². The van der Waals surface area contributed by atoms with Crippen LogP contribution >= 0.6 is 0 Å². The summed E-state index contributed by atoms with van der Waals surface area (Å²) in [7, 11) is 0. The van der Waals surface area contributed by atoms with E-state index >= 15 is 0 Å². The molecule has 4 heteroatoms. The van der Waals surface area contributed by atoms with Gasteiger partial charge >= 0.3 is 0 Å². The van der Waals surface area contributed by atoms with E-state index in [1.165, 1.54) is 5.69 Å². The Morgan fingerprint density at radius 2 is 2.17 bits per heavy atom. The summed E-state index contributed by atoms with van der Waals surface area (Å²) >= 11 is 0. The van der Waals surface area contributed by atoms with Crippen LogP contribution in [0.2, 0.25) is 0 Å². The van der Waals surface area contributed by atoms with E-state index < -0.39 is 0 Å². The molecular weight excluding hydrogens is 226 g/mol. The zero-order valence-corrected chi connectivity index (χ0v) is 11.8. The van der Waals surface area contributed by atoms with Gasteiger partial charge in [0.05, 0.1) is 12.0 Å². The van der Waals surface area contributed by atoms with Crippen molar-refractivity contribution in [3.63, 3.8) is 0 Å². The van der Waals surface area contributed by atoms with Gasteiger partial charge in [0.15, 0.2) is 0 Å². The molecule has 0 radical (unpaired) electrons.